The minimum absolute atomic E-state index is 0.172. The molecule has 1 aromatic heterocycles. The van der Waals surface area contributed by atoms with Crippen LogP contribution < -0.4 is 10.6 Å². The van der Waals surface area contributed by atoms with E-state index in [1.807, 2.05) is 6.07 Å². The van der Waals surface area contributed by atoms with Crippen LogP contribution in [0.1, 0.15) is 23.3 Å². The van der Waals surface area contributed by atoms with Gasteiger partial charge in [-0.15, -0.1) is 10.2 Å². The summed E-state index contributed by atoms with van der Waals surface area (Å²) < 4.78 is 5.29. The highest BCUT2D eigenvalue weighted by Gasteiger charge is 2.21. The topological polar surface area (TPSA) is 79.4 Å². The lowest BCUT2D eigenvalue weighted by Gasteiger charge is -2.26. The first kappa shape index (κ1) is 14.2. The fourth-order valence-corrected chi connectivity index (χ4v) is 2.21. The number of carbonyl (C=O) groups is 1. The number of nitrogens with zero attached hydrogens (tertiary/aromatic N) is 3. The Morgan fingerprint density at radius 1 is 1.29 bits per heavy atom. The molecular weight excluding hydrogens is 270 g/mol. The van der Waals surface area contributed by atoms with Crippen LogP contribution in [-0.4, -0.2) is 66.4 Å². The molecule has 1 amide bonds. The number of carbonyl (C=O) groups excluding carboxylic acids is 1. The summed E-state index contributed by atoms with van der Waals surface area (Å²) in [4.78, 5) is 14.2. The van der Waals surface area contributed by atoms with Crippen molar-refractivity contribution in [3.63, 3.8) is 0 Å². The number of aromatic nitrogens is 2. The summed E-state index contributed by atoms with van der Waals surface area (Å²) >= 11 is 0. The normalized spacial score (nSPS) is 19.2. The molecule has 1 aliphatic carbocycles. The fraction of sp³-hybridized carbons (Fsp3) is 0.643. The van der Waals surface area contributed by atoms with Gasteiger partial charge in [0.2, 0.25) is 0 Å². The van der Waals surface area contributed by atoms with Crippen LogP contribution in [0.3, 0.4) is 0 Å². The Balaban J connectivity index is 1.41. The third-order valence-electron chi connectivity index (χ3n) is 3.64. The average Bonchev–Trinajstić information content (AvgIpc) is 3.33. The Kier molecular flexibility index (Phi) is 4.62. The molecule has 1 aliphatic heterocycles. The number of hydrogen-bond donors (Lipinski definition) is 2. The summed E-state index contributed by atoms with van der Waals surface area (Å²) in [6.45, 7) is 4.85. The van der Waals surface area contributed by atoms with Crippen LogP contribution in [0.15, 0.2) is 12.1 Å². The van der Waals surface area contributed by atoms with Crippen LogP contribution in [0, 0.1) is 0 Å². The van der Waals surface area contributed by atoms with Gasteiger partial charge in [-0.1, -0.05) is 0 Å². The molecule has 3 rings (SSSR count). The number of amides is 1. The maximum Gasteiger partial charge on any atom is 0.271 e. The minimum atomic E-state index is -0.172. The molecule has 0 atom stereocenters. The van der Waals surface area contributed by atoms with E-state index in [1.165, 1.54) is 12.8 Å². The molecule has 1 aromatic rings. The molecule has 21 heavy (non-hydrogen) atoms. The minimum Gasteiger partial charge on any atom is -0.379 e. The van der Waals surface area contributed by atoms with Crippen LogP contribution in [0.5, 0.6) is 0 Å². The summed E-state index contributed by atoms with van der Waals surface area (Å²) in [5.41, 5.74) is 0.360. The van der Waals surface area contributed by atoms with Gasteiger partial charge in [-0.2, -0.15) is 0 Å². The van der Waals surface area contributed by atoms with Gasteiger partial charge in [0.05, 0.1) is 13.2 Å². The number of nitrogens with one attached hydrogen (secondary N) is 2. The number of hydrogen-bond acceptors (Lipinski definition) is 6. The van der Waals surface area contributed by atoms with Crippen LogP contribution in [0.25, 0.3) is 0 Å². The van der Waals surface area contributed by atoms with Gasteiger partial charge in [-0.05, 0) is 25.0 Å². The van der Waals surface area contributed by atoms with Crippen molar-refractivity contribution in [2.45, 2.75) is 18.9 Å². The highest BCUT2D eigenvalue weighted by atomic mass is 16.5. The van der Waals surface area contributed by atoms with Crippen molar-refractivity contribution in [1.29, 1.82) is 0 Å². The Labute approximate surface area is 124 Å². The van der Waals surface area contributed by atoms with Crippen LogP contribution in [0.4, 0.5) is 5.82 Å². The highest BCUT2D eigenvalue weighted by molar-refractivity contribution is 5.92. The molecule has 2 N–H and O–H groups in total. The summed E-state index contributed by atoms with van der Waals surface area (Å²) in [5, 5.41) is 14.1. The van der Waals surface area contributed by atoms with Crippen LogP contribution in [-0.2, 0) is 4.74 Å². The number of ether oxygens (including phenoxy) is 1. The second-order valence-electron chi connectivity index (χ2n) is 5.43. The predicted molar refractivity (Wildman–Crippen MR) is 78.3 cm³/mol. The van der Waals surface area contributed by atoms with Crippen molar-refractivity contribution in [2.75, 3.05) is 44.7 Å². The van der Waals surface area contributed by atoms with Gasteiger partial charge in [-0.25, -0.2) is 0 Å². The molecular formula is C14H21N5O2. The smallest absolute Gasteiger partial charge is 0.271 e. The van der Waals surface area contributed by atoms with Crippen LogP contribution in [0.2, 0.25) is 0 Å². The zero-order valence-corrected chi connectivity index (χ0v) is 12.0. The maximum absolute atomic E-state index is 12.0. The third kappa shape index (κ3) is 4.37. The SMILES string of the molecule is O=C(NCCN1CCOCC1)c1ccc(NC2CC2)nn1. The van der Waals surface area contributed by atoms with Gasteiger partial charge in [0.15, 0.2) is 5.69 Å². The van der Waals surface area contributed by atoms with E-state index in [2.05, 4.69) is 25.7 Å². The monoisotopic (exact) mass is 291 g/mol. The number of morpholine rings is 1. The van der Waals surface area contributed by atoms with E-state index >= 15 is 0 Å². The molecule has 7 heteroatoms. The van der Waals surface area contributed by atoms with Gasteiger partial charge < -0.3 is 15.4 Å². The van der Waals surface area contributed by atoms with E-state index in [-0.39, 0.29) is 5.91 Å². The average molecular weight is 291 g/mol. The zero-order valence-electron chi connectivity index (χ0n) is 12.0. The quantitative estimate of drug-likeness (QED) is 0.774. The second-order valence-corrected chi connectivity index (χ2v) is 5.43. The van der Waals surface area contributed by atoms with Crippen molar-refractivity contribution >= 4 is 11.7 Å². The molecule has 0 radical (unpaired) electrons. The standard InChI is InChI=1S/C14H21N5O2/c20-14(15-5-6-19-7-9-21-10-8-19)12-3-4-13(18-17-12)16-11-1-2-11/h3-4,11H,1-2,5-10H2,(H,15,20)(H,16,18). The van der Waals surface area contributed by atoms with E-state index in [0.717, 1.165) is 38.7 Å². The van der Waals surface area contributed by atoms with Crippen molar-refractivity contribution in [1.82, 2.24) is 20.4 Å². The van der Waals surface area contributed by atoms with E-state index in [0.29, 0.717) is 18.3 Å². The van der Waals surface area contributed by atoms with Gasteiger partial charge in [0.1, 0.15) is 5.82 Å². The number of rotatable bonds is 6. The molecule has 2 fully saturated rings. The molecule has 0 unspecified atom stereocenters. The molecule has 0 aromatic carbocycles. The van der Waals surface area contributed by atoms with Crippen LogP contribution >= 0.6 is 0 Å². The molecule has 114 valence electrons. The van der Waals surface area contributed by atoms with Crippen molar-refractivity contribution < 1.29 is 9.53 Å². The first-order valence-corrected chi connectivity index (χ1v) is 7.50. The van der Waals surface area contributed by atoms with E-state index in [1.54, 1.807) is 6.07 Å². The predicted octanol–water partition coefficient (Wildman–Crippen LogP) is 0.113. The van der Waals surface area contributed by atoms with E-state index in [4.69, 9.17) is 4.74 Å². The summed E-state index contributed by atoms with van der Waals surface area (Å²) in [5.74, 6) is 0.566. The Hall–Kier alpha value is -1.73. The van der Waals surface area contributed by atoms with E-state index < -0.39 is 0 Å². The lowest BCUT2D eigenvalue weighted by molar-refractivity contribution is 0.0383. The van der Waals surface area contributed by atoms with Gasteiger partial charge in [0, 0.05) is 32.2 Å². The molecule has 0 bridgehead atoms. The molecule has 1 saturated carbocycles. The summed E-state index contributed by atoms with van der Waals surface area (Å²) in [6.07, 6.45) is 2.37. The first-order chi connectivity index (χ1) is 10.3. The molecule has 1 saturated heterocycles. The lowest BCUT2D eigenvalue weighted by Crippen LogP contribution is -2.41. The Morgan fingerprint density at radius 2 is 2.10 bits per heavy atom. The van der Waals surface area contributed by atoms with Gasteiger partial charge >= 0.3 is 0 Å². The van der Waals surface area contributed by atoms with Gasteiger partial charge in [0.25, 0.3) is 5.91 Å². The van der Waals surface area contributed by atoms with Crippen molar-refractivity contribution in [3.05, 3.63) is 17.8 Å². The van der Waals surface area contributed by atoms with Gasteiger partial charge in [-0.3, -0.25) is 9.69 Å². The first-order valence-electron chi connectivity index (χ1n) is 7.50. The van der Waals surface area contributed by atoms with Crippen molar-refractivity contribution in [2.24, 2.45) is 0 Å². The largest absolute Gasteiger partial charge is 0.379 e. The third-order valence-corrected chi connectivity index (χ3v) is 3.64. The molecule has 0 spiro atoms. The summed E-state index contributed by atoms with van der Waals surface area (Å²) in [6, 6.07) is 4.05. The lowest BCUT2D eigenvalue weighted by atomic mass is 10.3. The molecule has 2 heterocycles. The van der Waals surface area contributed by atoms with E-state index in [9.17, 15) is 4.79 Å². The summed E-state index contributed by atoms with van der Waals surface area (Å²) in [7, 11) is 0. The molecule has 2 aliphatic rings. The zero-order chi connectivity index (χ0) is 14.5. The highest BCUT2D eigenvalue weighted by Crippen LogP contribution is 2.23. The Bertz CT molecular complexity index is 469. The number of anilines is 1. The second kappa shape index (κ2) is 6.82. The van der Waals surface area contributed by atoms with Crippen molar-refractivity contribution in [3.8, 4) is 0 Å². The molecule has 7 nitrogen and oxygen atoms in total. The Morgan fingerprint density at radius 3 is 2.76 bits per heavy atom. The maximum atomic E-state index is 12.0. The fourth-order valence-electron chi connectivity index (χ4n) is 2.21.